The molecule has 0 saturated heterocycles. The molecule has 0 aromatic heterocycles. The van der Waals surface area contributed by atoms with Crippen LogP contribution in [0.3, 0.4) is 0 Å². The van der Waals surface area contributed by atoms with Gasteiger partial charge in [-0.3, -0.25) is 10.1 Å². The maximum atomic E-state index is 10.7. The van der Waals surface area contributed by atoms with E-state index in [0.717, 1.165) is 30.6 Å². The predicted molar refractivity (Wildman–Crippen MR) is 74.6 cm³/mol. The summed E-state index contributed by atoms with van der Waals surface area (Å²) in [6, 6.07) is 5.32. The molecule has 4 heteroatoms. The maximum Gasteiger partial charge on any atom is 0.272 e. The Morgan fingerprint density at radius 2 is 2.06 bits per heavy atom. The summed E-state index contributed by atoms with van der Waals surface area (Å²) in [5.74, 6) is 0. The van der Waals surface area contributed by atoms with Gasteiger partial charge in [-0.15, -0.1) is 0 Å². The van der Waals surface area contributed by atoms with E-state index in [4.69, 9.17) is 0 Å². The van der Waals surface area contributed by atoms with Crippen LogP contribution >= 0.6 is 0 Å². The van der Waals surface area contributed by atoms with Crippen LogP contribution in [0.4, 0.5) is 5.69 Å². The molecule has 0 spiro atoms. The quantitative estimate of drug-likeness (QED) is 0.645. The summed E-state index contributed by atoms with van der Waals surface area (Å²) in [4.78, 5) is 10.4. The highest BCUT2D eigenvalue weighted by atomic mass is 16.6. The molecule has 1 heterocycles. The van der Waals surface area contributed by atoms with Crippen molar-refractivity contribution in [2.24, 2.45) is 0 Å². The van der Waals surface area contributed by atoms with Gasteiger partial charge in [-0.1, -0.05) is 19.9 Å². The Morgan fingerprint density at radius 1 is 1.33 bits per heavy atom. The Kier molecular flexibility index (Phi) is 5.52. The van der Waals surface area contributed by atoms with Crippen molar-refractivity contribution in [2.45, 2.75) is 27.2 Å². The lowest BCUT2D eigenvalue weighted by atomic mass is 9.98. The summed E-state index contributed by atoms with van der Waals surface area (Å²) in [6.07, 6.45) is 3.13. The van der Waals surface area contributed by atoms with Crippen LogP contribution in [0.25, 0.3) is 5.57 Å². The minimum absolute atomic E-state index is 0.193. The van der Waals surface area contributed by atoms with Crippen LogP contribution in [0.15, 0.2) is 24.3 Å². The summed E-state index contributed by atoms with van der Waals surface area (Å²) in [7, 11) is 0. The van der Waals surface area contributed by atoms with Crippen LogP contribution in [-0.2, 0) is 0 Å². The largest absolute Gasteiger partial charge is 0.313 e. The summed E-state index contributed by atoms with van der Waals surface area (Å²) >= 11 is 0. The fourth-order valence-corrected chi connectivity index (χ4v) is 1.94. The third kappa shape index (κ3) is 3.40. The number of nitro benzene ring substituents is 1. The van der Waals surface area contributed by atoms with Gasteiger partial charge < -0.3 is 5.32 Å². The molecule has 1 aromatic rings. The molecule has 18 heavy (non-hydrogen) atoms. The number of nitro groups is 1. The van der Waals surface area contributed by atoms with Crippen LogP contribution in [0.2, 0.25) is 0 Å². The third-order valence-electron chi connectivity index (χ3n) is 2.83. The Hall–Kier alpha value is -1.68. The van der Waals surface area contributed by atoms with Gasteiger partial charge in [-0.05, 0) is 43.2 Å². The fraction of sp³-hybridized carbons (Fsp3) is 0.429. The first-order valence-electron chi connectivity index (χ1n) is 6.33. The van der Waals surface area contributed by atoms with Crippen molar-refractivity contribution in [1.82, 2.24) is 5.32 Å². The summed E-state index contributed by atoms with van der Waals surface area (Å²) in [6.45, 7) is 7.64. The van der Waals surface area contributed by atoms with E-state index in [-0.39, 0.29) is 10.6 Å². The zero-order valence-electron chi connectivity index (χ0n) is 11.2. The van der Waals surface area contributed by atoms with E-state index in [2.05, 4.69) is 11.4 Å². The van der Waals surface area contributed by atoms with Crippen molar-refractivity contribution in [1.29, 1.82) is 0 Å². The molecule has 0 amide bonds. The molecular weight excluding hydrogens is 228 g/mol. The molecule has 4 nitrogen and oxygen atoms in total. The minimum Gasteiger partial charge on any atom is -0.313 e. The van der Waals surface area contributed by atoms with Crippen molar-refractivity contribution in [2.75, 3.05) is 13.1 Å². The Morgan fingerprint density at radius 3 is 2.56 bits per heavy atom. The van der Waals surface area contributed by atoms with Gasteiger partial charge in [-0.2, -0.15) is 0 Å². The normalized spacial score (nSPS) is 14.3. The molecule has 0 unspecified atom stereocenters. The first-order valence-corrected chi connectivity index (χ1v) is 6.33. The number of rotatable bonds is 2. The van der Waals surface area contributed by atoms with E-state index < -0.39 is 0 Å². The Bertz CT molecular complexity index is 453. The number of nitrogens with zero attached hydrogens (tertiary/aromatic N) is 1. The zero-order valence-corrected chi connectivity index (χ0v) is 11.2. The fourth-order valence-electron chi connectivity index (χ4n) is 1.94. The lowest BCUT2D eigenvalue weighted by Gasteiger charge is -2.14. The van der Waals surface area contributed by atoms with Crippen molar-refractivity contribution in [3.63, 3.8) is 0 Å². The van der Waals surface area contributed by atoms with Gasteiger partial charge in [-0.25, -0.2) is 0 Å². The Labute approximate surface area is 108 Å². The Balaban J connectivity index is 0.000000771. The molecule has 0 atom stereocenters. The monoisotopic (exact) mass is 248 g/mol. The van der Waals surface area contributed by atoms with Gasteiger partial charge in [0.05, 0.1) is 4.92 Å². The standard InChI is InChI=1S/C12H14N2O2.C2H6/c1-9-8-11(2-3-12(9)14(15)16)10-4-6-13-7-5-10;1-2/h2-4,8,13H,5-7H2,1H3;1-2H3. The molecule has 98 valence electrons. The molecule has 0 saturated carbocycles. The molecule has 1 aliphatic rings. The van der Waals surface area contributed by atoms with Gasteiger partial charge in [0.15, 0.2) is 0 Å². The molecule has 0 bridgehead atoms. The number of benzene rings is 1. The first-order chi connectivity index (χ1) is 8.68. The van der Waals surface area contributed by atoms with E-state index in [0.29, 0.717) is 0 Å². The smallest absolute Gasteiger partial charge is 0.272 e. The first kappa shape index (κ1) is 14.4. The van der Waals surface area contributed by atoms with Crippen LogP contribution in [0.1, 0.15) is 31.4 Å². The molecule has 0 fully saturated rings. The number of aryl methyl sites for hydroxylation is 1. The van der Waals surface area contributed by atoms with Crippen LogP contribution < -0.4 is 5.32 Å². The highest BCUT2D eigenvalue weighted by Gasteiger charge is 2.12. The molecule has 0 radical (unpaired) electrons. The molecule has 1 aliphatic heterocycles. The summed E-state index contributed by atoms with van der Waals surface area (Å²) in [5.41, 5.74) is 3.29. The van der Waals surface area contributed by atoms with Crippen molar-refractivity contribution in [3.05, 3.63) is 45.5 Å². The van der Waals surface area contributed by atoms with Gasteiger partial charge in [0, 0.05) is 18.2 Å². The van der Waals surface area contributed by atoms with Crippen molar-refractivity contribution in [3.8, 4) is 0 Å². The number of hydrogen-bond donors (Lipinski definition) is 1. The lowest BCUT2D eigenvalue weighted by molar-refractivity contribution is -0.385. The zero-order chi connectivity index (χ0) is 13.5. The van der Waals surface area contributed by atoms with Gasteiger partial charge in [0.1, 0.15) is 0 Å². The van der Waals surface area contributed by atoms with E-state index in [1.807, 2.05) is 26.0 Å². The molecule has 1 N–H and O–H groups in total. The predicted octanol–water partition coefficient (Wildman–Crippen LogP) is 3.31. The van der Waals surface area contributed by atoms with Crippen LogP contribution in [0.5, 0.6) is 0 Å². The molecule has 0 aliphatic carbocycles. The number of hydrogen-bond acceptors (Lipinski definition) is 3. The SMILES string of the molecule is CC.Cc1cc(C2=CCNCC2)ccc1[N+](=O)[O-]. The number of nitrogens with one attached hydrogen (secondary N) is 1. The van der Waals surface area contributed by atoms with E-state index in [9.17, 15) is 10.1 Å². The summed E-state index contributed by atoms with van der Waals surface area (Å²) < 4.78 is 0. The van der Waals surface area contributed by atoms with Gasteiger partial charge >= 0.3 is 0 Å². The highest BCUT2D eigenvalue weighted by Crippen LogP contribution is 2.25. The third-order valence-corrected chi connectivity index (χ3v) is 2.83. The topological polar surface area (TPSA) is 55.2 Å². The maximum absolute atomic E-state index is 10.7. The van der Waals surface area contributed by atoms with Crippen molar-refractivity contribution >= 4 is 11.3 Å². The van der Waals surface area contributed by atoms with Crippen LogP contribution in [-0.4, -0.2) is 18.0 Å². The molecule has 2 rings (SSSR count). The second-order valence-electron chi connectivity index (χ2n) is 3.94. The van der Waals surface area contributed by atoms with Gasteiger partial charge in [0.25, 0.3) is 5.69 Å². The highest BCUT2D eigenvalue weighted by molar-refractivity contribution is 5.68. The van der Waals surface area contributed by atoms with Crippen LogP contribution in [0, 0.1) is 17.0 Å². The average Bonchev–Trinajstić information content (AvgIpc) is 2.41. The summed E-state index contributed by atoms with van der Waals surface area (Å²) in [5, 5.41) is 13.9. The van der Waals surface area contributed by atoms with E-state index >= 15 is 0 Å². The minimum atomic E-state index is -0.337. The van der Waals surface area contributed by atoms with E-state index in [1.165, 1.54) is 5.57 Å². The van der Waals surface area contributed by atoms with Crippen molar-refractivity contribution < 1.29 is 4.92 Å². The molecular formula is C14H20N2O2. The van der Waals surface area contributed by atoms with E-state index in [1.54, 1.807) is 13.0 Å². The second kappa shape index (κ2) is 6.91. The molecule has 1 aromatic carbocycles. The second-order valence-corrected chi connectivity index (χ2v) is 3.94. The average molecular weight is 248 g/mol. The lowest BCUT2D eigenvalue weighted by Crippen LogP contribution is -2.20. The van der Waals surface area contributed by atoms with Gasteiger partial charge in [0.2, 0.25) is 0 Å².